The molecule has 0 aliphatic rings. The Balaban J connectivity index is 2.80. The first-order valence-corrected chi connectivity index (χ1v) is 4.58. The van der Waals surface area contributed by atoms with Gasteiger partial charge in [0.05, 0.1) is 13.0 Å². The normalized spacial score (nSPS) is 9.86. The van der Waals surface area contributed by atoms with Crippen molar-refractivity contribution in [1.82, 2.24) is 0 Å². The molecule has 0 heterocycles. The summed E-state index contributed by atoms with van der Waals surface area (Å²) in [5.74, 6) is -0.157. The highest BCUT2D eigenvalue weighted by Crippen LogP contribution is 2.20. The summed E-state index contributed by atoms with van der Waals surface area (Å²) < 4.78 is 4.81. The zero-order valence-corrected chi connectivity index (χ0v) is 8.41. The van der Waals surface area contributed by atoms with Crippen LogP contribution in [0.3, 0.4) is 0 Å². The van der Waals surface area contributed by atoms with Crippen LogP contribution in [-0.4, -0.2) is 17.7 Å². The largest absolute Gasteiger partial charge is 0.508 e. The molecule has 0 saturated heterocycles. The molecule has 0 aliphatic carbocycles. The molecule has 14 heavy (non-hydrogen) atoms. The average Bonchev–Trinajstić information content (AvgIpc) is 2.12. The Labute approximate surface area is 83.3 Å². The lowest BCUT2D eigenvalue weighted by molar-refractivity contribution is -0.142. The van der Waals surface area contributed by atoms with Gasteiger partial charge < -0.3 is 9.84 Å². The molecule has 0 saturated carbocycles. The Morgan fingerprint density at radius 3 is 2.79 bits per heavy atom. The van der Waals surface area contributed by atoms with Crippen molar-refractivity contribution in [3.05, 3.63) is 29.3 Å². The first kappa shape index (κ1) is 10.6. The van der Waals surface area contributed by atoms with Crippen LogP contribution in [0.5, 0.6) is 5.75 Å². The first-order valence-electron chi connectivity index (χ1n) is 4.58. The van der Waals surface area contributed by atoms with Crippen LogP contribution in [0.25, 0.3) is 0 Å². The lowest BCUT2D eigenvalue weighted by Gasteiger charge is -2.07. The van der Waals surface area contributed by atoms with Gasteiger partial charge >= 0.3 is 5.97 Å². The molecule has 0 radical (unpaired) electrons. The van der Waals surface area contributed by atoms with Crippen molar-refractivity contribution < 1.29 is 14.6 Å². The van der Waals surface area contributed by atoms with Crippen LogP contribution in [0.1, 0.15) is 18.1 Å². The number of carbonyl (C=O) groups is 1. The Bertz CT molecular complexity index is 311. The second kappa shape index (κ2) is 4.65. The van der Waals surface area contributed by atoms with Gasteiger partial charge in [-0.1, -0.05) is 12.1 Å². The van der Waals surface area contributed by atoms with Gasteiger partial charge in [-0.25, -0.2) is 0 Å². The summed E-state index contributed by atoms with van der Waals surface area (Å²) in [6.07, 6.45) is 0.131. The molecular formula is C11H14O3. The second-order valence-electron chi connectivity index (χ2n) is 3.05. The molecule has 0 spiro atoms. The number of aryl methyl sites for hydroxylation is 1. The zero-order valence-electron chi connectivity index (χ0n) is 8.41. The SMILES string of the molecule is CCOC(=O)Cc1c(C)cccc1O. The Kier molecular flexibility index (Phi) is 3.51. The molecular weight excluding hydrogens is 180 g/mol. The lowest BCUT2D eigenvalue weighted by atomic mass is 10.0. The Morgan fingerprint density at radius 1 is 1.50 bits per heavy atom. The molecule has 0 unspecified atom stereocenters. The number of hydrogen-bond acceptors (Lipinski definition) is 3. The zero-order chi connectivity index (χ0) is 10.6. The van der Waals surface area contributed by atoms with Gasteiger partial charge in [0.2, 0.25) is 0 Å². The maximum atomic E-state index is 11.2. The molecule has 1 N–H and O–H groups in total. The van der Waals surface area contributed by atoms with Gasteiger partial charge in [-0.3, -0.25) is 4.79 Å². The molecule has 1 aromatic rings. The van der Waals surface area contributed by atoms with E-state index in [1.165, 1.54) is 0 Å². The highest BCUT2D eigenvalue weighted by molar-refractivity contribution is 5.74. The van der Waals surface area contributed by atoms with E-state index < -0.39 is 0 Å². The number of carbonyl (C=O) groups excluding carboxylic acids is 1. The minimum atomic E-state index is -0.308. The van der Waals surface area contributed by atoms with Crippen molar-refractivity contribution in [3.63, 3.8) is 0 Å². The van der Waals surface area contributed by atoms with Crippen LogP contribution < -0.4 is 0 Å². The molecule has 0 aliphatic heterocycles. The molecule has 3 heteroatoms. The molecule has 0 atom stereocenters. The Morgan fingerprint density at radius 2 is 2.21 bits per heavy atom. The van der Waals surface area contributed by atoms with Crippen LogP contribution in [-0.2, 0) is 16.0 Å². The number of benzene rings is 1. The molecule has 0 amide bonds. The van der Waals surface area contributed by atoms with E-state index in [9.17, 15) is 9.90 Å². The number of rotatable bonds is 3. The molecule has 76 valence electrons. The number of esters is 1. The van der Waals surface area contributed by atoms with Gasteiger partial charge in [0, 0.05) is 5.56 Å². The topological polar surface area (TPSA) is 46.5 Å². The van der Waals surface area contributed by atoms with Crippen molar-refractivity contribution in [2.24, 2.45) is 0 Å². The molecule has 3 nitrogen and oxygen atoms in total. The van der Waals surface area contributed by atoms with Crippen molar-refractivity contribution >= 4 is 5.97 Å². The van der Waals surface area contributed by atoms with Gasteiger partial charge in [0.25, 0.3) is 0 Å². The third-order valence-electron chi connectivity index (χ3n) is 2.01. The van der Waals surface area contributed by atoms with E-state index in [1.807, 2.05) is 13.0 Å². The minimum absolute atomic E-state index is 0.131. The summed E-state index contributed by atoms with van der Waals surface area (Å²) in [5, 5.41) is 9.50. The van der Waals surface area contributed by atoms with Crippen LogP contribution in [0.4, 0.5) is 0 Å². The van der Waals surface area contributed by atoms with E-state index >= 15 is 0 Å². The van der Waals surface area contributed by atoms with Gasteiger partial charge in [0.15, 0.2) is 0 Å². The number of phenolic OH excluding ortho intramolecular Hbond substituents is 1. The van der Waals surface area contributed by atoms with Crippen LogP contribution in [0.15, 0.2) is 18.2 Å². The predicted octanol–water partition coefficient (Wildman–Crippen LogP) is 1.81. The molecule has 0 fully saturated rings. The van der Waals surface area contributed by atoms with Crippen molar-refractivity contribution in [2.45, 2.75) is 20.3 Å². The third-order valence-corrected chi connectivity index (χ3v) is 2.01. The van der Waals surface area contributed by atoms with E-state index in [0.717, 1.165) is 5.56 Å². The maximum Gasteiger partial charge on any atom is 0.310 e. The average molecular weight is 194 g/mol. The van der Waals surface area contributed by atoms with E-state index in [0.29, 0.717) is 12.2 Å². The van der Waals surface area contributed by atoms with Gasteiger partial charge in [-0.05, 0) is 25.5 Å². The number of hydrogen-bond donors (Lipinski definition) is 1. The summed E-state index contributed by atoms with van der Waals surface area (Å²) in [6.45, 7) is 3.98. The summed E-state index contributed by atoms with van der Waals surface area (Å²) >= 11 is 0. The monoisotopic (exact) mass is 194 g/mol. The summed E-state index contributed by atoms with van der Waals surface area (Å²) in [6, 6.07) is 5.18. The molecule has 1 aromatic carbocycles. The number of ether oxygens (including phenoxy) is 1. The van der Waals surface area contributed by atoms with E-state index in [2.05, 4.69) is 0 Å². The highest BCUT2D eigenvalue weighted by Gasteiger charge is 2.10. The molecule has 0 aromatic heterocycles. The number of phenols is 1. The van der Waals surface area contributed by atoms with Crippen molar-refractivity contribution in [1.29, 1.82) is 0 Å². The van der Waals surface area contributed by atoms with Gasteiger partial charge in [-0.2, -0.15) is 0 Å². The summed E-state index contributed by atoms with van der Waals surface area (Å²) in [5.41, 5.74) is 1.55. The first-order chi connectivity index (χ1) is 6.65. The minimum Gasteiger partial charge on any atom is -0.508 e. The quantitative estimate of drug-likeness (QED) is 0.746. The van der Waals surface area contributed by atoms with E-state index in [-0.39, 0.29) is 18.1 Å². The van der Waals surface area contributed by atoms with E-state index in [4.69, 9.17) is 4.74 Å². The number of aromatic hydroxyl groups is 1. The van der Waals surface area contributed by atoms with Crippen LogP contribution >= 0.6 is 0 Å². The lowest BCUT2D eigenvalue weighted by Crippen LogP contribution is -2.08. The fraction of sp³-hybridized carbons (Fsp3) is 0.364. The van der Waals surface area contributed by atoms with Gasteiger partial charge in [0.1, 0.15) is 5.75 Å². The predicted molar refractivity (Wildman–Crippen MR) is 53.2 cm³/mol. The highest BCUT2D eigenvalue weighted by atomic mass is 16.5. The second-order valence-corrected chi connectivity index (χ2v) is 3.05. The molecule has 0 bridgehead atoms. The standard InChI is InChI=1S/C11H14O3/c1-3-14-11(13)7-9-8(2)5-4-6-10(9)12/h4-6,12H,3,7H2,1-2H3. The third kappa shape index (κ3) is 2.49. The summed E-state index contributed by atoms with van der Waals surface area (Å²) in [4.78, 5) is 11.2. The van der Waals surface area contributed by atoms with Crippen molar-refractivity contribution in [2.75, 3.05) is 6.61 Å². The maximum absolute atomic E-state index is 11.2. The van der Waals surface area contributed by atoms with Gasteiger partial charge in [-0.15, -0.1) is 0 Å². The van der Waals surface area contributed by atoms with Crippen molar-refractivity contribution in [3.8, 4) is 5.75 Å². The van der Waals surface area contributed by atoms with Crippen LogP contribution in [0.2, 0.25) is 0 Å². The fourth-order valence-corrected chi connectivity index (χ4v) is 1.27. The smallest absolute Gasteiger partial charge is 0.310 e. The molecule has 1 rings (SSSR count). The van der Waals surface area contributed by atoms with Crippen LogP contribution in [0, 0.1) is 6.92 Å². The van der Waals surface area contributed by atoms with E-state index in [1.54, 1.807) is 19.1 Å². The Hall–Kier alpha value is -1.51. The fourth-order valence-electron chi connectivity index (χ4n) is 1.27. The summed E-state index contributed by atoms with van der Waals surface area (Å²) in [7, 11) is 0.